The van der Waals surface area contributed by atoms with Crippen molar-refractivity contribution >= 4 is 39.9 Å². The zero-order valence-corrected chi connectivity index (χ0v) is 16.8. The van der Waals surface area contributed by atoms with E-state index in [0.717, 1.165) is 0 Å². The Kier molecular flexibility index (Phi) is 6.06. The summed E-state index contributed by atoms with van der Waals surface area (Å²) >= 11 is 0.223. The Hall–Kier alpha value is -3.02. The molecule has 0 spiro atoms. The van der Waals surface area contributed by atoms with E-state index < -0.39 is 23.0 Å². The number of amides is 3. The number of nitrogens with one attached hydrogen (secondary N) is 2. The number of nitrogens with zero attached hydrogens (tertiary/aromatic N) is 3. The van der Waals surface area contributed by atoms with Crippen LogP contribution in [0.5, 0.6) is 0 Å². The SMILES string of the molecule is CC(C)N1CC(C(=O)Nc2ccc(C(=O)Nc3nnc(C(F)(F)F)s3)cc2)CC1=O. The minimum atomic E-state index is -4.63. The van der Waals surface area contributed by atoms with Crippen molar-refractivity contribution in [2.75, 3.05) is 17.2 Å². The summed E-state index contributed by atoms with van der Waals surface area (Å²) in [6.07, 6.45) is -4.48. The third-order valence-corrected chi connectivity index (χ3v) is 5.34. The quantitative estimate of drug-likeness (QED) is 0.742. The molecule has 0 bridgehead atoms. The molecule has 8 nitrogen and oxygen atoms in total. The van der Waals surface area contributed by atoms with Crippen LogP contribution in [-0.4, -0.2) is 45.4 Å². The maximum Gasteiger partial charge on any atom is 0.445 e. The van der Waals surface area contributed by atoms with Crippen LogP contribution in [0.25, 0.3) is 0 Å². The number of hydrogen-bond acceptors (Lipinski definition) is 6. The topological polar surface area (TPSA) is 104 Å². The number of carbonyl (C=O) groups is 3. The highest BCUT2D eigenvalue weighted by Crippen LogP contribution is 2.33. The number of rotatable bonds is 5. The summed E-state index contributed by atoms with van der Waals surface area (Å²) in [7, 11) is 0. The number of carbonyl (C=O) groups excluding carboxylic acids is 3. The lowest BCUT2D eigenvalue weighted by Crippen LogP contribution is -2.33. The van der Waals surface area contributed by atoms with E-state index in [1.54, 1.807) is 4.90 Å². The van der Waals surface area contributed by atoms with Crippen molar-refractivity contribution in [2.24, 2.45) is 5.92 Å². The van der Waals surface area contributed by atoms with E-state index in [9.17, 15) is 27.6 Å². The molecule has 2 N–H and O–H groups in total. The second-order valence-electron chi connectivity index (χ2n) is 6.97. The van der Waals surface area contributed by atoms with E-state index in [2.05, 4.69) is 20.8 Å². The van der Waals surface area contributed by atoms with E-state index in [-0.39, 0.29) is 46.3 Å². The molecule has 1 aromatic heterocycles. The van der Waals surface area contributed by atoms with Gasteiger partial charge in [0.25, 0.3) is 5.91 Å². The van der Waals surface area contributed by atoms with E-state index in [1.807, 2.05) is 13.8 Å². The van der Waals surface area contributed by atoms with Gasteiger partial charge in [0.1, 0.15) is 0 Å². The average molecular weight is 441 g/mol. The lowest BCUT2D eigenvalue weighted by atomic mass is 10.1. The van der Waals surface area contributed by atoms with Gasteiger partial charge in [-0.05, 0) is 38.1 Å². The van der Waals surface area contributed by atoms with Crippen molar-refractivity contribution in [3.63, 3.8) is 0 Å². The zero-order valence-electron chi connectivity index (χ0n) is 16.0. The Morgan fingerprint density at radius 1 is 1.17 bits per heavy atom. The molecule has 1 atom stereocenters. The number of benzene rings is 1. The molecule has 1 unspecified atom stereocenters. The lowest BCUT2D eigenvalue weighted by molar-refractivity contribution is -0.138. The fraction of sp³-hybridized carbons (Fsp3) is 0.389. The van der Waals surface area contributed by atoms with Gasteiger partial charge in [-0.15, -0.1) is 10.2 Å². The molecule has 160 valence electrons. The summed E-state index contributed by atoms with van der Waals surface area (Å²) in [5.74, 6) is -1.48. The van der Waals surface area contributed by atoms with Crippen LogP contribution >= 0.6 is 11.3 Å². The first-order valence-corrected chi connectivity index (χ1v) is 9.78. The van der Waals surface area contributed by atoms with Gasteiger partial charge in [0.2, 0.25) is 22.0 Å². The van der Waals surface area contributed by atoms with Crippen LogP contribution < -0.4 is 10.6 Å². The highest BCUT2D eigenvalue weighted by Gasteiger charge is 2.36. The molecule has 3 rings (SSSR count). The third-order valence-electron chi connectivity index (χ3n) is 4.46. The molecular formula is C18H18F3N5O3S. The van der Waals surface area contributed by atoms with Crippen molar-refractivity contribution < 1.29 is 27.6 Å². The predicted molar refractivity (Wildman–Crippen MR) is 103 cm³/mol. The first-order valence-electron chi connectivity index (χ1n) is 8.97. The van der Waals surface area contributed by atoms with Crippen LogP contribution in [0.15, 0.2) is 24.3 Å². The van der Waals surface area contributed by atoms with Crippen LogP contribution in [0.3, 0.4) is 0 Å². The number of hydrogen-bond donors (Lipinski definition) is 2. The van der Waals surface area contributed by atoms with Crippen LogP contribution in [-0.2, 0) is 15.8 Å². The minimum absolute atomic E-state index is 0.0216. The molecule has 0 aliphatic carbocycles. The van der Waals surface area contributed by atoms with Crippen molar-refractivity contribution in [3.05, 3.63) is 34.8 Å². The number of likely N-dealkylation sites (tertiary alicyclic amines) is 1. The summed E-state index contributed by atoms with van der Waals surface area (Å²) in [6.45, 7) is 4.12. The average Bonchev–Trinajstić information content (AvgIpc) is 3.29. The summed E-state index contributed by atoms with van der Waals surface area (Å²) < 4.78 is 37.6. The monoisotopic (exact) mass is 441 g/mol. The second kappa shape index (κ2) is 8.38. The molecule has 0 radical (unpaired) electrons. The molecule has 30 heavy (non-hydrogen) atoms. The van der Waals surface area contributed by atoms with Gasteiger partial charge in [-0.3, -0.25) is 19.7 Å². The van der Waals surface area contributed by atoms with Gasteiger partial charge < -0.3 is 10.2 Å². The van der Waals surface area contributed by atoms with Crippen LogP contribution in [0.2, 0.25) is 0 Å². The Morgan fingerprint density at radius 3 is 2.37 bits per heavy atom. The van der Waals surface area contributed by atoms with Gasteiger partial charge in [0.15, 0.2) is 0 Å². The molecule has 2 heterocycles. The smallest absolute Gasteiger partial charge is 0.339 e. The summed E-state index contributed by atoms with van der Waals surface area (Å²) in [6, 6.07) is 5.83. The van der Waals surface area contributed by atoms with Gasteiger partial charge in [0, 0.05) is 30.3 Å². The van der Waals surface area contributed by atoms with E-state index in [4.69, 9.17) is 0 Å². The highest BCUT2D eigenvalue weighted by molar-refractivity contribution is 7.15. The van der Waals surface area contributed by atoms with E-state index >= 15 is 0 Å². The van der Waals surface area contributed by atoms with Crippen LogP contribution in [0.4, 0.5) is 24.0 Å². The van der Waals surface area contributed by atoms with Gasteiger partial charge in [-0.2, -0.15) is 13.2 Å². The first kappa shape index (κ1) is 21.7. The van der Waals surface area contributed by atoms with Gasteiger partial charge in [0.05, 0.1) is 5.92 Å². The van der Waals surface area contributed by atoms with Gasteiger partial charge >= 0.3 is 6.18 Å². The number of anilines is 2. The van der Waals surface area contributed by atoms with Crippen LogP contribution in [0.1, 0.15) is 35.6 Å². The predicted octanol–water partition coefficient (Wildman–Crippen LogP) is 3.00. The second-order valence-corrected chi connectivity index (χ2v) is 7.95. The molecule has 1 fully saturated rings. The van der Waals surface area contributed by atoms with Crippen molar-refractivity contribution in [1.82, 2.24) is 15.1 Å². The molecule has 1 saturated heterocycles. The molecule has 1 aliphatic rings. The first-order chi connectivity index (χ1) is 14.0. The van der Waals surface area contributed by atoms with E-state index in [1.165, 1.54) is 24.3 Å². The summed E-state index contributed by atoms with van der Waals surface area (Å²) in [5, 5.41) is 9.82. The van der Waals surface area contributed by atoms with E-state index in [0.29, 0.717) is 12.2 Å². The molecule has 3 amide bonds. The largest absolute Gasteiger partial charge is 0.445 e. The maximum atomic E-state index is 12.5. The molecule has 0 saturated carbocycles. The number of alkyl halides is 3. The number of halogens is 3. The number of aromatic nitrogens is 2. The standard InChI is InChI=1S/C18H18F3N5O3S/c1-9(2)26-8-11(7-13(26)27)15(29)22-12-5-3-10(4-6-12)14(28)23-17-25-24-16(30-17)18(19,20)21/h3-6,9,11H,7-8H2,1-2H3,(H,22,29)(H,23,25,28). The molecular weight excluding hydrogens is 423 g/mol. The Labute approximate surface area is 173 Å². The Morgan fingerprint density at radius 2 is 1.83 bits per heavy atom. The minimum Gasteiger partial charge on any atom is -0.339 e. The fourth-order valence-corrected chi connectivity index (χ4v) is 3.52. The van der Waals surface area contributed by atoms with Gasteiger partial charge in [-0.1, -0.05) is 11.3 Å². The summed E-state index contributed by atoms with van der Waals surface area (Å²) in [4.78, 5) is 38.2. The van der Waals surface area contributed by atoms with Crippen molar-refractivity contribution in [2.45, 2.75) is 32.5 Å². The molecule has 2 aromatic rings. The van der Waals surface area contributed by atoms with Gasteiger partial charge in [-0.25, -0.2) is 0 Å². The zero-order chi connectivity index (χ0) is 22.1. The van der Waals surface area contributed by atoms with Crippen molar-refractivity contribution in [3.8, 4) is 0 Å². The summed E-state index contributed by atoms with van der Waals surface area (Å²) in [5.41, 5.74) is 0.598. The fourth-order valence-electron chi connectivity index (χ4n) is 2.91. The van der Waals surface area contributed by atoms with Crippen molar-refractivity contribution in [1.29, 1.82) is 0 Å². The normalized spacial score (nSPS) is 16.8. The molecule has 1 aliphatic heterocycles. The van der Waals surface area contributed by atoms with Crippen LogP contribution in [0, 0.1) is 5.92 Å². The highest BCUT2D eigenvalue weighted by atomic mass is 32.1. The Bertz CT molecular complexity index is 959. The molecule has 12 heteroatoms. The Balaban J connectivity index is 1.58. The lowest BCUT2D eigenvalue weighted by Gasteiger charge is -2.20. The maximum absolute atomic E-state index is 12.5. The third kappa shape index (κ3) is 4.93. The molecule has 1 aromatic carbocycles.